The van der Waals surface area contributed by atoms with Crippen molar-refractivity contribution in [1.82, 2.24) is 0 Å². The lowest BCUT2D eigenvalue weighted by atomic mass is 9.84. The maximum atomic E-state index is 6.00. The number of rotatable bonds is 3. The molecule has 5 rings (SSSR count). The molecule has 0 aromatic heterocycles. The van der Waals surface area contributed by atoms with Crippen molar-refractivity contribution in [2.75, 3.05) is 13.2 Å². The molecule has 0 N–H and O–H groups in total. The van der Waals surface area contributed by atoms with Gasteiger partial charge < -0.3 is 9.47 Å². The monoisotopic (exact) mass is 276 g/mol. The van der Waals surface area contributed by atoms with Crippen LogP contribution in [0.5, 0.6) is 0 Å². The van der Waals surface area contributed by atoms with Crippen LogP contribution in [0.2, 0.25) is 0 Å². The summed E-state index contributed by atoms with van der Waals surface area (Å²) in [5.74, 6) is 1.02. The van der Waals surface area contributed by atoms with Gasteiger partial charge in [-0.3, -0.25) is 0 Å². The Morgan fingerprint density at radius 2 is 1.90 bits per heavy atom. The molecule has 0 spiro atoms. The molecule has 0 radical (unpaired) electrons. The Hall–Kier alpha value is -2.06. The van der Waals surface area contributed by atoms with E-state index in [9.17, 15) is 0 Å². The van der Waals surface area contributed by atoms with Gasteiger partial charge in [0.2, 0.25) is 0 Å². The first kappa shape index (κ1) is 11.6. The van der Waals surface area contributed by atoms with E-state index in [1.807, 2.05) is 0 Å². The third-order valence-corrected chi connectivity index (χ3v) is 4.60. The first-order valence-electron chi connectivity index (χ1n) is 7.59. The number of hydrogen-bond acceptors (Lipinski definition) is 2. The molecule has 2 heteroatoms. The molecule has 1 atom stereocenters. The minimum atomic E-state index is 0.301. The van der Waals surface area contributed by atoms with Gasteiger partial charge in [-0.1, -0.05) is 36.4 Å². The van der Waals surface area contributed by atoms with Gasteiger partial charge in [-0.25, -0.2) is 0 Å². The second-order valence-electron chi connectivity index (χ2n) is 5.98. The highest BCUT2D eigenvalue weighted by Crippen LogP contribution is 2.39. The van der Waals surface area contributed by atoms with E-state index in [1.165, 1.54) is 33.0 Å². The summed E-state index contributed by atoms with van der Waals surface area (Å²) >= 11 is 0. The van der Waals surface area contributed by atoms with E-state index in [4.69, 9.17) is 9.47 Å². The van der Waals surface area contributed by atoms with Gasteiger partial charge in [-0.05, 0) is 46.4 Å². The number of ether oxygens (including phenoxy) is 2. The average molecular weight is 276 g/mol. The van der Waals surface area contributed by atoms with Crippen LogP contribution in [-0.2, 0) is 22.3 Å². The first-order valence-corrected chi connectivity index (χ1v) is 7.59. The van der Waals surface area contributed by atoms with Crippen molar-refractivity contribution in [3.8, 4) is 0 Å². The van der Waals surface area contributed by atoms with E-state index in [1.54, 1.807) is 0 Å². The molecule has 104 valence electrons. The van der Waals surface area contributed by atoms with Gasteiger partial charge >= 0.3 is 0 Å². The summed E-state index contributed by atoms with van der Waals surface area (Å²) in [6.07, 6.45) is 8.99. The Morgan fingerprint density at radius 3 is 2.76 bits per heavy atom. The molecule has 1 fully saturated rings. The van der Waals surface area contributed by atoms with Crippen LogP contribution in [0.15, 0.2) is 36.4 Å². The van der Waals surface area contributed by atoms with E-state index in [0.29, 0.717) is 12.7 Å². The Balaban J connectivity index is 1.69. The van der Waals surface area contributed by atoms with Crippen LogP contribution < -0.4 is 0 Å². The second-order valence-corrected chi connectivity index (χ2v) is 5.98. The van der Waals surface area contributed by atoms with Gasteiger partial charge in [0.05, 0.1) is 6.61 Å². The SMILES string of the molecule is C1=Cc2ccc3c4c(ccc(c24)C1)CC=C3OCC1CO1. The fraction of sp³-hybridized carbons (Fsp3) is 0.263. The molecule has 0 saturated carbocycles. The van der Waals surface area contributed by atoms with Gasteiger partial charge in [-0.2, -0.15) is 0 Å². The molecule has 2 aromatic rings. The molecule has 2 nitrogen and oxygen atoms in total. The van der Waals surface area contributed by atoms with Crippen molar-refractivity contribution in [3.05, 3.63) is 58.7 Å². The summed E-state index contributed by atoms with van der Waals surface area (Å²) in [4.78, 5) is 0. The maximum absolute atomic E-state index is 6.00. The molecule has 2 aromatic carbocycles. The second kappa shape index (κ2) is 4.22. The zero-order chi connectivity index (χ0) is 13.8. The summed E-state index contributed by atoms with van der Waals surface area (Å²) in [6, 6.07) is 8.99. The predicted molar refractivity (Wildman–Crippen MR) is 84.1 cm³/mol. The Labute approximate surface area is 123 Å². The highest BCUT2D eigenvalue weighted by molar-refractivity contribution is 6.03. The number of hydrogen-bond donors (Lipinski definition) is 0. The van der Waals surface area contributed by atoms with E-state index in [-0.39, 0.29) is 0 Å². The largest absolute Gasteiger partial charge is 0.490 e. The molecule has 3 aliphatic rings. The van der Waals surface area contributed by atoms with Crippen LogP contribution >= 0.6 is 0 Å². The molecule has 1 heterocycles. The lowest BCUT2D eigenvalue weighted by molar-refractivity contribution is 0.233. The van der Waals surface area contributed by atoms with E-state index in [0.717, 1.165) is 25.2 Å². The van der Waals surface area contributed by atoms with Crippen molar-refractivity contribution >= 4 is 22.6 Å². The quantitative estimate of drug-likeness (QED) is 0.797. The Kier molecular flexibility index (Phi) is 2.33. The van der Waals surface area contributed by atoms with Crippen LogP contribution in [-0.4, -0.2) is 19.3 Å². The van der Waals surface area contributed by atoms with Gasteiger partial charge in [0.15, 0.2) is 0 Å². The zero-order valence-corrected chi connectivity index (χ0v) is 11.8. The van der Waals surface area contributed by atoms with Crippen molar-refractivity contribution in [2.24, 2.45) is 0 Å². The minimum absolute atomic E-state index is 0.301. The molecule has 21 heavy (non-hydrogen) atoms. The van der Waals surface area contributed by atoms with Gasteiger partial charge in [0.25, 0.3) is 0 Å². The van der Waals surface area contributed by atoms with Crippen LogP contribution in [0.3, 0.4) is 0 Å². The summed E-state index contributed by atoms with van der Waals surface area (Å²) < 4.78 is 11.2. The lowest BCUT2D eigenvalue weighted by Crippen LogP contribution is -2.07. The predicted octanol–water partition coefficient (Wildman–Crippen LogP) is 3.72. The highest BCUT2D eigenvalue weighted by Gasteiger charge is 2.25. The fourth-order valence-electron chi connectivity index (χ4n) is 3.46. The maximum Gasteiger partial charge on any atom is 0.123 e. The molecular formula is C19H16O2. The molecule has 2 aliphatic carbocycles. The summed E-state index contributed by atoms with van der Waals surface area (Å²) in [7, 11) is 0. The topological polar surface area (TPSA) is 21.8 Å². The van der Waals surface area contributed by atoms with Crippen LogP contribution in [0.1, 0.15) is 22.3 Å². The summed E-state index contributed by atoms with van der Waals surface area (Å²) in [5.41, 5.74) is 5.42. The Morgan fingerprint density at radius 1 is 1.05 bits per heavy atom. The molecule has 1 unspecified atom stereocenters. The highest BCUT2D eigenvalue weighted by atomic mass is 16.6. The van der Waals surface area contributed by atoms with Crippen molar-refractivity contribution in [1.29, 1.82) is 0 Å². The summed E-state index contributed by atoms with van der Waals surface area (Å²) in [5, 5.41) is 2.81. The van der Waals surface area contributed by atoms with Gasteiger partial charge in [0, 0.05) is 5.56 Å². The number of allylic oxidation sites excluding steroid dienone is 2. The fourth-order valence-corrected chi connectivity index (χ4v) is 3.46. The van der Waals surface area contributed by atoms with Crippen molar-refractivity contribution in [3.63, 3.8) is 0 Å². The molecule has 1 saturated heterocycles. The third-order valence-electron chi connectivity index (χ3n) is 4.60. The van der Waals surface area contributed by atoms with Gasteiger partial charge in [0.1, 0.15) is 18.5 Å². The average Bonchev–Trinajstić information content (AvgIpc) is 3.35. The number of epoxide rings is 1. The molecule has 0 bridgehead atoms. The zero-order valence-electron chi connectivity index (χ0n) is 11.8. The lowest BCUT2D eigenvalue weighted by Gasteiger charge is -2.23. The van der Waals surface area contributed by atoms with Crippen molar-refractivity contribution < 1.29 is 9.47 Å². The molecular weight excluding hydrogens is 260 g/mol. The van der Waals surface area contributed by atoms with E-state index in [2.05, 4.69) is 42.5 Å². The van der Waals surface area contributed by atoms with Crippen LogP contribution in [0, 0.1) is 0 Å². The first-order chi connectivity index (χ1) is 10.4. The molecule has 0 amide bonds. The minimum Gasteiger partial charge on any atom is -0.490 e. The van der Waals surface area contributed by atoms with Crippen LogP contribution in [0.4, 0.5) is 0 Å². The standard InChI is InChI=1S/C19H16O2/c1-2-12-4-5-14-7-9-17(21-11-15-10-20-15)16-8-6-13(3-1)18(12)19(14)16/h1,3-6,8-9,15H,2,7,10-11H2. The van der Waals surface area contributed by atoms with Crippen molar-refractivity contribution in [2.45, 2.75) is 18.9 Å². The third kappa shape index (κ3) is 1.76. The van der Waals surface area contributed by atoms with E-state index < -0.39 is 0 Å². The van der Waals surface area contributed by atoms with Gasteiger partial charge in [-0.15, -0.1) is 0 Å². The van der Waals surface area contributed by atoms with Crippen LogP contribution in [0.25, 0.3) is 22.6 Å². The molecule has 1 aliphatic heterocycles. The Bertz CT molecular complexity index is 810. The van der Waals surface area contributed by atoms with E-state index >= 15 is 0 Å². The normalized spacial score (nSPS) is 21.3. The smallest absolute Gasteiger partial charge is 0.123 e. The summed E-state index contributed by atoms with van der Waals surface area (Å²) in [6.45, 7) is 1.51. The number of benzene rings is 2.